The van der Waals surface area contributed by atoms with Gasteiger partial charge in [0.2, 0.25) is 5.36 Å². The van der Waals surface area contributed by atoms with Crippen molar-refractivity contribution in [3.63, 3.8) is 0 Å². The van der Waals surface area contributed by atoms with Crippen LogP contribution in [0.1, 0.15) is 26.7 Å². The van der Waals surface area contributed by atoms with Gasteiger partial charge >= 0.3 is 0 Å². The predicted octanol–water partition coefficient (Wildman–Crippen LogP) is 4.70. The van der Waals surface area contributed by atoms with Gasteiger partial charge in [-0.2, -0.15) is 0 Å². The van der Waals surface area contributed by atoms with E-state index < -0.39 is 0 Å². The normalized spacial score (nSPS) is 12.3. The third-order valence-electron chi connectivity index (χ3n) is 4.53. The molecule has 0 aliphatic rings. The fourth-order valence-corrected chi connectivity index (χ4v) is 3.07. The van der Waals surface area contributed by atoms with Crippen molar-refractivity contribution in [1.29, 1.82) is 0 Å². The van der Waals surface area contributed by atoms with E-state index in [0.29, 0.717) is 0 Å². The van der Waals surface area contributed by atoms with E-state index in [2.05, 4.69) is 36.6 Å². The lowest BCUT2D eigenvalue weighted by molar-refractivity contribution is 0.415. The average Bonchev–Trinajstić information content (AvgIpc) is 2.68. The van der Waals surface area contributed by atoms with Crippen molar-refractivity contribution >= 4 is 11.0 Å². The fourth-order valence-electron chi connectivity index (χ4n) is 3.07. The molecule has 0 amide bonds. The monoisotopic (exact) mass is 336 g/mol. The van der Waals surface area contributed by atoms with Gasteiger partial charge in [-0.25, -0.2) is 4.58 Å². The number of ether oxygens (including phenoxy) is 1. The van der Waals surface area contributed by atoms with E-state index in [9.17, 15) is 0 Å². The molecule has 0 bridgehead atoms. The van der Waals surface area contributed by atoms with Crippen LogP contribution in [0, 0.1) is 0 Å². The quantitative estimate of drug-likeness (QED) is 0.610. The second-order valence-corrected chi connectivity index (χ2v) is 6.15. The molecule has 3 rings (SSSR count). The van der Waals surface area contributed by atoms with Gasteiger partial charge in [-0.1, -0.05) is 25.5 Å². The van der Waals surface area contributed by atoms with Crippen LogP contribution in [0.25, 0.3) is 22.3 Å². The molecule has 0 spiro atoms. The number of methoxy groups -OCH3 is 1. The summed E-state index contributed by atoms with van der Waals surface area (Å²) < 4.78 is 13.9. The van der Waals surface area contributed by atoms with Crippen LogP contribution in [-0.4, -0.2) is 20.2 Å². The van der Waals surface area contributed by atoms with Crippen molar-refractivity contribution in [2.75, 3.05) is 20.2 Å². The van der Waals surface area contributed by atoms with Gasteiger partial charge in [0.1, 0.15) is 30.2 Å². The second kappa shape index (κ2) is 8.02. The standard InChI is InChI=1S/C22H26NO2/c1-4-6-15-23(5-2)20-16-22(17-11-13-18(24-3)14-12-17)25-21-10-8-7-9-19(20)21/h7-14,16H,4-6,15H2,1-3H3/q+1. The molecule has 0 N–H and O–H groups in total. The van der Waals surface area contributed by atoms with E-state index in [4.69, 9.17) is 9.15 Å². The first-order valence-corrected chi connectivity index (χ1v) is 9.02. The summed E-state index contributed by atoms with van der Waals surface area (Å²) in [4.78, 5) is 0. The number of hydrogen-bond donors (Lipinski definition) is 0. The first kappa shape index (κ1) is 17.3. The summed E-state index contributed by atoms with van der Waals surface area (Å²) in [7, 11) is 1.68. The molecule has 0 atom stereocenters. The number of unbranched alkanes of at least 4 members (excludes halogenated alkanes) is 1. The third-order valence-corrected chi connectivity index (χ3v) is 4.53. The maximum Gasteiger partial charge on any atom is 0.214 e. The molecule has 0 unspecified atom stereocenters. The Balaban J connectivity index is 2.22. The Hall–Kier alpha value is -2.55. The van der Waals surface area contributed by atoms with Crippen molar-refractivity contribution in [2.24, 2.45) is 0 Å². The van der Waals surface area contributed by atoms with Crippen molar-refractivity contribution in [2.45, 2.75) is 26.7 Å². The number of fused-ring (bicyclic) bond motifs is 1. The van der Waals surface area contributed by atoms with E-state index in [1.807, 2.05) is 36.4 Å². The van der Waals surface area contributed by atoms with E-state index in [0.717, 1.165) is 41.1 Å². The molecular formula is C22H26NO2+. The largest absolute Gasteiger partial charge is 0.497 e. The molecule has 0 saturated carbocycles. The Morgan fingerprint density at radius 3 is 2.44 bits per heavy atom. The molecule has 3 nitrogen and oxygen atoms in total. The van der Waals surface area contributed by atoms with Crippen molar-refractivity contribution in [3.05, 3.63) is 60.0 Å². The molecule has 0 aliphatic heterocycles. The molecule has 0 aliphatic carbocycles. The molecule has 0 saturated heterocycles. The number of hydrogen-bond acceptors (Lipinski definition) is 2. The molecule has 3 heteroatoms. The Labute approximate surface area is 149 Å². The molecule has 3 aromatic rings. The van der Waals surface area contributed by atoms with Gasteiger partial charge in [0.25, 0.3) is 0 Å². The van der Waals surface area contributed by atoms with Gasteiger partial charge in [-0.3, -0.25) is 0 Å². The Morgan fingerprint density at radius 1 is 1.00 bits per heavy atom. The van der Waals surface area contributed by atoms with Crippen LogP contribution in [0.5, 0.6) is 5.75 Å². The highest BCUT2D eigenvalue weighted by atomic mass is 16.5. The maximum absolute atomic E-state index is 6.19. The van der Waals surface area contributed by atoms with E-state index in [1.165, 1.54) is 18.2 Å². The lowest BCUT2D eigenvalue weighted by Crippen LogP contribution is -2.31. The number of nitrogens with zero attached hydrogens (tertiary/aromatic N) is 1. The van der Waals surface area contributed by atoms with E-state index in [1.54, 1.807) is 7.11 Å². The lowest BCUT2D eigenvalue weighted by Gasteiger charge is -2.07. The van der Waals surface area contributed by atoms with Crippen LogP contribution < -0.4 is 14.7 Å². The van der Waals surface area contributed by atoms with Gasteiger partial charge in [0.05, 0.1) is 18.6 Å². The summed E-state index contributed by atoms with van der Waals surface area (Å²) in [6.07, 6.45) is 2.38. The van der Waals surface area contributed by atoms with Crippen LogP contribution in [-0.2, 0) is 0 Å². The summed E-state index contributed by atoms with van der Waals surface area (Å²) in [5.41, 5.74) is 1.97. The number of para-hydroxylation sites is 1. The highest BCUT2D eigenvalue weighted by molar-refractivity contribution is 5.78. The second-order valence-electron chi connectivity index (χ2n) is 6.15. The predicted molar refractivity (Wildman–Crippen MR) is 104 cm³/mol. The van der Waals surface area contributed by atoms with Gasteiger partial charge in [-0.05, 0) is 43.3 Å². The first-order valence-electron chi connectivity index (χ1n) is 9.02. The highest BCUT2D eigenvalue weighted by Gasteiger charge is 2.12. The van der Waals surface area contributed by atoms with Gasteiger partial charge < -0.3 is 9.15 Å². The van der Waals surface area contributed by atoms with Gasteiger partial charge in [-0.15, -0.1) is 0 Å². The number of benzene rings is 2. The van der Waals surface area contributed by atoms with Crippen molar-refractivity contribution < 1.29 is 9.15 Å². The summed E-state index contributed by atoms with van der Waals surface area (Å²) in [5.74, 6) is 1.73. The van der Waals surface area contributed by atoms with E-state index in [-0.39, 0.29) is 0 Å². The molecule has 2 aromatic carbocycles. The summed E-state index contributed by atoms with van der Waals surface area (Å²) >= 11 is 0. The molecular weight excluding hydrogens is 310 g/mol. The zero-order valence-corrected chi connectivity index (χ0v) is 15.3. The fraction of sp³-hybridized carbons (Fsp3) is 0.318. The van der Waals surface area contributed by atoms with Crippen LogP contribution in [0.2, 0.25) is 0 Å². The smallest absolute Gasteiger partial charge is 0.214 e. The van der Waals surface area contributed by atoms with E-state index >= 15 is 0 Å². The molecule has 0 fully saturated rings. The number of rotatable bonds is 6. The van der Waals surface area contributed by atoms with Crippen molar-refractivity contribution in [1.82, 2.24) is 4.58 Å². The van der Waals surface area contributed by atoms with Crippen LogP contribution in [0.3, 0.4) is 0 Å². The zero-order chi connectivity index (χ0) is 17.6. The summed E-state index contributed by atoms with van der Waals surface area (Å²) in [5, 5.41) is 2.40. The Morgan fingerprint density at radius 2 is 1.76 bits per heavy atom. The minimum atomic E-state index is 0.850. The molecule has 0 radical (unpaired) electrons. The minimum Gasteiger partial charge on any atom is -0.497 e. The minimum absolute atomic E-state index is 0.850. The topological polar surface area (TPSA) is 25.4 Å². The summed E-state index contributed by atoms with van der Waals surface area (Å²) in [6, 6.07) is 18.5. The Bertz CT molecular complexity index is 907. The van der Waals surface area contributed by atoms with Gasteiger partial charge in [0, 0.05) is 12.0 Å². The lowest BCUT2D eigenvalue weighted by atomic mass is 10.1. The Kier molecular flexibility index (Phi) is 5.54. The van der Waals surface area contributed by atoms with Crippen LogP contribution in [0.15, 0.2) is 59.0 Å². The van der Waals surface area contributed by atoms with Crippen LogP contribution in [0.4, 0.5) is 0 Å². The first-order chi connectivity index (χ1) is 12.3. The maximum atomic E-state index is 6.19. The van der Waals surface area contributed by atoms with Crippen LogP contribution >= 0.6 is 0 Å². The van der Waals surface area contributed by atoms with Gasteiger partial charge in [0.15, 0.2) is 0 Å². The average molecular weight is 336 g/mol. The third kappa shape index (κ3) is 3.76. The molecule has 130 valence electrons. The molecule has 1 aromatic heterocycles. The zero-order valence-electron chi connectivity index (χ0n) is 15.3. The van der Waals surface area contributed by atoms with Crippen molar-refractivity contribution in [3.8, 4) is 17.1 Å². The molecule has 1 heterocycles. The summed E-state index contributed by atoms with van der Waals surface area (Å²) in [6.45, 7) is 6.48. The SMILES string of the molecule is CCCC[N+](CC)=c1cc(-c2ccc(OC)cc2)oc2ccccc12. The highest BCUT2D eigenvalue weighted by Crippen LogP contribution is 2.24. The molecule has 25 heavy (non-hydrogen) atoms.